The van der Waals surface area contributed by atoms with Crippen LogP contribution < -0.4 is 10.3 Å². The predicted molar refractivity (Wildman–Crippen MR) is 109 cm³/mol. The fraction of sp³-hybridized carbons (Fsp3) is 0.300. The maximum atomic E-state index is 13.2. The molecule has 0 radical (unpaired) electrons. The van der Waals surface area contributed by atoms with Crippen molar-refractivity contribution in [3.05, 3.63) is 57.8 Å². The van der Waals surface area contributed by atoms with Crippen molar-refractivity contribution in [2.75, 3.05) is 19.5 Å². The molecule has 1 saturated heterocycles. The maximum absolute atomic E-state index is 13.2. The maximum Gasteiger partial charge on any atom is 0.266 e. The molecule has 1 aliphatic heterocycles. The number of para-hydroxylation sites is 1. The van der Waals surface area contributed by atoms with Gasteiger partial charge in [-0.2, -0.15) is 0 Å². The molecule has 3 aromatic rings. The minimum Gasteiger partial charge on any atom is -0.495 e. The van der Waals surface area contributed by atoms with E-state index in [1.165, 1.54) is 11.8 Å². The molecule has 2 aromatic carbocycles. The number of thioether (sulfide) groups is 1. The largest absolute Gasteiger partial charge is 0.495 e. The number of benzene rings is 2. The summed E-state index contributed by atoms with van der Waals surface area (Å²) in [6.45, 7) is 0.803. The Morgan fingerprint density at radius 1 is 1.33 bits per heavy atom. The normalized spacial score (nSPS) is 16.7. The molecule has 0 aliphatic carbocycles. The van der Waals surface area contributed by atoms with Crippen LogP contribution in [0.4, 0.5) is 0 Å². The molecule has 0 saturated carbocycles. The second-order valence-corrected chi connectivity index (χ2v) is 7.71. The zero-order chi connectivity index (χ0) is 18.8. The van der Waals surface area contributed by atoms with Gasteiger partial charge in [-0.05, 0) is 43.2 Å². The van der Waals surface area contributed by atoms with Gasteiger partial charge in [0, 0.05) is 12.4 Å². The summed E-state index contributed by atoms with van der Waals surface area (Å²) in [5.41, 5.74) is 1.24. The van der Waals surface area contributed by atoms with Crippen LogP contribution in [-0.2, 0) is 4.74 Å². The average Bonchev–Trinajstić information content (AvgIpc) is 3.20. The van der Waals surface area contributed by atoms with Crippen LogP contribution >= 0.6 is 23.4 Å². The van der Waals surface area contributed by atoms with E-state index in [-0.39, 0.29) is 11.7 Å². The molecular weight excluding hydrogens is 384 g/mol. The summed E-state index contributed by atoms with van der Waals surface area (Å²) in [5, 5.41) is 1.66. The van der Waals surface area contributed by atoms with E-state index in [1.54, 1.807) is 29.9 Å². The van der Waals surface area contributed by atoms with Crippen molar-refractivity contribution in [2.45, 2.75) is 24.1 Å². The lowest BCUT2D eigenvalue weighted by Crippen LogP contribution is -2.22. The van der Waals surface area contributed by atoms with Crippen LogP contribution in [0.2, 0.25) is 5.02 Å². The van der Waals surface area contributed by atoms with Crippen LogP contribution in [-0.4, -0.2) is 35.1 Å². The number of rotatable bonds is 5. The highest BCUT2D eigenvalue weighted by atomic mass is 35.5. The van der Waals surface area contributed by atoms with Gasteiger partial charge in [0.25, 0.3) is 5.56 Å². The van der Waals surface area contributed by atoms with E-state index in [2.05, 4.69) is 0 Å². The second-order valence-electron chi connectivity index (χ2n) is 6.32. The van der Waals surface area contributed by atoms with Crippen LogP contribution in [0.3, 0.4) is 0 Å². The van der Waals surface area contributed by atoms with Crippen LogP contribution in [0.25, 0.3) is 16.6 Å². The first-order chi connectivity index (χ1) is 13.2. The third kappa shape index (κ3) is 3.70. The third-order valence-electron chi connectivity index (χ3n) is 4.56. The lowest BCUT2D eigenvalue weighted by Gasteiger charge is -2.15. The number of halogens is 1. The predicted octanol–water partition coefficient (Wildman–Crippen LogP) is 4.32. The number of hydrogen-bond acceptors (Lipinski definition) is 5. The van der Waals surface area contributed by atoms with Gasteiger partial charge >= 0.3 is 0 Å². The number of ether oxygens (including phenoxy) is 2. The molecule has 5 nitrogen and oxygen atoms in total. The van der Waals surface area contributed by atoms with Gasteiger partial charge in [-0.15, -0.1) is 0 Å². The van der Waals surface area contributed by atoms with Crippen molar-refractivity contribution in [3.8, 4) is 11.4 Å². The van der Waals surface area contributed by atoms with Gasteiger partial charge in [-0.1, -0.05) is 35.5 Å². The Morgan fingerprint density at radius 3 is 2.93 bits per heavy atom. The monoisotopic (exact) mass is 402 g/mol. The first-order valence-electron chi connectivity index (χ1n) is 8.77. The summed E-state index contributed by atoms with van der Waals surface area (Å²) in [5.74, 6) is 1.32. The Bertz CT molecular complexity index is 1030. The number of hydrogen-bond donors (Lipinski definition) is 0. The van der Waals surface area contributed by atoms with Crippen molar-refractivity contribution in [1.29, 1.82) is 0 Å². The molecule has 4 rings (SSSR count). The topological polar surface area (TPSA) is 53.4 Å². The summed E-state index contributed by atoms with van der Waals surface area (Å²) in [6.07, 6.45) is 2.32. The summed E-state index contributed by atoms with van der Waals surface area (Å²) in [7, 11) is 1.56. The van der Waals surface area contributed by atoms with Crippen molar-refractivity contribution in [2.24, 2.45) is 0 Å². The lowest BCUT2D eigenvalue weighted by atomic mass is 10.2. The van der Waals surface area contributed by atoms with Gasteiger partial charge in [-0.25, -0.2) is 4.98 Å². The quantitative estimate of drug-likeness (QED) is 0.470. The number of aromatic nitrogens is 2. The number of fused-ring (bicyclic) bond motifs is 1. The summed E-state index contributed by atoms with van der Waals surface area (Å²) in [6, 6.07) is 12.7. The van der Waals surface area contributed by atoms with Gasteiger partial charge < -0.3 is 9.47 Å². The summed E-state index contributed by atoms with van der Waals surface area (Å²) in [4.78, 5) is 18.0. The molecule has 1 fully saturated rings. The van der Waals surface area contributed by atoms with E-state index in [0.717, 1.165) is 25.2 Å². The van der Waals surface area contributed by atoms with E-state index >= 15 is 0 Å². The minimum atomic E-state index is -0.114. The van der Waals surface area contributed by atoms with Crippen LogP contribution in [0.15, 0.2) is 52.4 Å². The Labute approximate surface area is 166 Å². The standard InChI is InChI=1S/C20H19ClN2O3S/c1-25-18-9-8-13(11-16(18)21)23-19(24)15-6-2-3-7-17(15)22-20(23)27-12-14-5-4-10-26-14/h2-3,6-9,11,14H,4-5,10,12H2,1H3/t14-/m1/s1. The van der Waals surface area contributed by atoms with E-state index < -0.39 is 0 Å². The van der Waals surface area contributed by atoms with Gasteiger partial charge in [0.15, 0.2) is 5.16 Å². The average molecular weight is 403 g/mol. The third-order valence-corrected chi connectivity index (χ3v) is 5.93. The molecule has 1 aromatic heterocycles. The molecule has 140 valence electrons. The molecule has 27 heavy (non-hydrogen) atoms. The second kappa shape index (κ2) is 7.92. The Hall–Kier alpha value is -2.02. The molecule has 0 unspecified atom stereocenters. The molecule has 1 aliphatic rings. The Kier molecular flexibility index (Phi) is 5.38. The van der Waals surface area contributed by atoms with Gasteiger partial charge in [-0.3, -0.25) is 9.36 Å². The van der Waals surface area contributed by atoms with Gasteiger partial charge in [0.05, 0.1) is 34.8 Å². The molecule has 1 atom stereocenters. The molecular formula is C20H19ClN2O3S. The van der Waals surface area contributed by atoms with Crippen LogP contribution in [0.1, 0.15) is 12.8 Å². The van der Waals surface area contributed by atoms with Crippen LogP contribution in [0, 0.1) is 0 Å². The van der Waals surface area contributed by atoms with E-state index in [9.17, 15) is 4.79 Å². The van der Waals surface area contributed by atoms with Gasteiger partial charge in [0.2, 0.25) is 0 Å². The number of methoxy groups -OCH3 is 1. The van der Waals surface area contributed by atoms with E-state index in [1.807, 2.05) is 24.3 Å². The molecule has 0 spiro atoms. The van der Waals surface area contributed by atoms with Crippen molar-refractivity contribution >= 4 is 34.3 Å². The molecule has 0 bridgehead atoms. The van der Waals surface area contributed by atoms with Gasteiger partial charge in [0.1, 0.15) is 5.75 Å². The first kappa shape index (κ1) is 18.3. The molecule has 2 heterocycles. The molecule has 7 heteroatoms. The first-order valence-corrected chi connectivity index (χ1v) is 10.1. The Balaban J connectivity index is 1.82. The fourth-order valence-electron chi connectivity index (χ4n) is 3.17. The highest BCUT2D eigenvalue weighted by Crippen LogP contribution is 2.29. The van der Waals surface area contributed by atoms with Crippen molar-refractivity contribution in [3.63, 3.8) is 0 Å². The SMILES string of the molecule is COc1ccc(-n2c(SC[C@H]3CCCO3)nc3ccccc3c2=O)cc1Cl. The zero-order valence-corrected chi connectivity index (χ0v) is 16.4. The fourth-order valence-corrected chi connectivity index (χ4v) is 4.50. The highest BCUT2D eigenvalue weighted by Gasteiger charge is 2.19. The summed E-state index contributed by atoms with van der Waals surface area (Å²) < 4.78 is 12.6. The van der Waals surface area contributed by atoms with Crippen molar-refractivity contribution in [1.82, 2.24) is 9.55 Å². The summed E-state index contributed by atoms with van der Waals surface area (Å²) >= 11 is 7.83. The van der Waals surface area contributed by atoms with Crippen LogP contribution in [0.5, 0.6) is 5.75 Å². The zero-order valence-electron chi connectivity index (χ0n) is 14.9. The van der Waals surface area contributed by atoms with E-state index in [0.29, 0.717) is 32.5 Å². The number of nitrogens with zero attached hydrogens (tertiary/aromatic N) is 2. The highest BCUT2D eigenvalue weighted by molar-refractivity contribution is 7.99. The Morgan fingerprint density at radius 2 is 2.19 bits per heavy atom. The lowest BCUT2D eigenvalue weighted by molar-refractivity contribution is 0.129. The smallest absolute Gasteiger partial charge is 0.266 e. The van der Waals surface area contributed by atoms with E-state index in [4.69, 9.17) is 26.1 Å². The minimum absolute atomic E-state index is 0.114. The molecule has 0 amide bonds. The molecule has 0 N–H and O–H groups in total. The van der Waals surface area contributed by atoms with Crippen molar-refractivity contribution < 1.29 is 9.47 Å².